The second-order valence-electron chi connectivity index (χ2n) is 4.96. The van der Waals surface area contributed by atoms with E-state index in [2.05, 4.69) is 11.9 Å². The van der Waals surface area contributed by atoms with Crippen LogP contribution in [-0.2, 0) is 0 Å². The Hall–Kier alpha value is -0.920. The van der Waals surface area contributed by atoms with E-state index in [1.54, 1.807) is 6.20 Å². The van der Waals surface area contributed by atoms with Gasteiger partial charge in [-0.3, -0.25) is 0 Å². The van der Waals surface area contributed by atoms with Gasteiger partial charge in [-0.2, -0.15) is 4.39 Å². The summed E-state index contributed by atoms with van der Waals surface area (Å²) in [7, 11) is 0. The van der Waals surface area contributed by atoms with Gasteiger partial charge in [0.05, 0.1) is 0 Å². The Morgan fingerprint density at radius 3 is 2.56 bits per heavy atom. The number of hydrogen-bond donors (Lipinski definition) is 0. The van der Waals surface area contributed by atoms with Gasteiger partial charge in [-0.25, -0.2) is 4.98 Å². The van der Waals surface area contributed by atoms with Crippen LogP contribution < -0.4 is 0 Å². The lowest BCUT2D eigenvalue weighted by atomic mass is 9.77. The molecule has 1 aromatic heterocycles. The zero-order valence-corrected chi connectivity index (χ0v) is 10.2. The zero-order valence-electron chi connectivity index (χ0n) is 10.2. The lowest BCUT2D eigenvalue weighted by Crippen LogP contribution is -2.15. The second kappa shape index (κ2) is 4.94. The van der Waals surface area contributed by atoms with Gasteiger partial charge >= 0.3 is 0 Å². The summed E-state index contributed by atoms with van der Waals surface area (Å²) >= 11 is 0. The summed E-state index contributed by atoms with van der Waals surface area (Å²) in [5.74, 6) is 1.01. The normalized spacial score (nSPS) is 25.7. The van der Waals surface area contributed by atoms with E-state index in [0.29, 0.717) is 5.92 Å². The van der Waals surface area contributed by atoms with Crippen molar-refractivity contribution in [1.82, 2.24) is 4.98 Å². The van der Waals surface area contributed by atoms with Crippen molar-refractivity contribution in [2.45, 2.75) is 51.9 Å². The first-order chi connectivity index (χ1) is 7.72. The quantitative estimate of drug-likeness (QED) is 0.682. The van der Waals surface area contributed by atoms with Crippen molar-refractivity contribution in [1.29, 1.82) is 0 Å². The van der Waals surface area contributed by atoms with E-state index >= 15 is 0 Å². The highest BCUT2D eigenvalue weighted by atomic mass is 19.1. The Bertz CT molecular complexity index is 334. The average Bonchev–Trinajstić information content (AvgIpc) is 2.30. The molecule has 0 saturated heterocycles. The van der Waals surface area contributed by atoms with Crippen LogP contribution in [0.2, 0.25) is 0 Å². The molecule has 16 heavy (non-hydrogen) atoms. The van der Waals surface area contributed by atoms with Gasteiger partial charge in [0.15, 0.2) is 0 Å². The first-order valence-corrected chi connectivity index (χ1v) is 6.33. The van der Waals surface area contributed by atoms with Crippen LogP contribution in [-0.4, -0.2) is 4.98 Å². The fraction of sp³-hybridized carbons (Fsp3) is 0.643. The predicted octanol–water partition coefficient (Wildman–Crippen LogP) is 4.21. The number of hydrogen-bond acceptors (Lipinski definition) is 1. The third kappa shape index (κ3) is 2.26. The molecule has 1 aliphatic rings. The third-order valence-corrected chi connectivity index (χ3v) is 3.99. The number of rotatable bonds is 2. The van der Waals surface area contributed by atoms with Crippen LogP contribution in [0.25, 0.3) is 0 Å². The molecule has 1 fully saturated rings. The molecule has 0 N–H and O–H groups in total. The van der Waals surface area contributed by atoms with Crippen LogP contribution in [0, 0.1) is 18.8 Å². The lowest BCUT2D eigenvalue weighted by Gasteiger charge is -2.28. The third-order valence-electron chi connectivity index (χ3n) is 3.99. The molecule has 0 bridgehead atoms. The van der Waals surface area contributed by atoms with Crippen molar-refractivity contribution < 1.29 is 4.39 Å². The molecule has 0 aromatic carbocycles. The Balaban J connectivity index is 2.14. The van der Waals surface area contributed by atoms with E-state index < -0.39 is 0 Å². The molecular weight excluding hydrogens is 201 g/mol. The number of pyridine rings is 1. The molecule has 0 aliphatic heterocycles. The highest BCUT2D eigenvalue weighted by Gasteiger charge is 2.24. The van der Waals surface area contributed by atoms with Crippen LogP contribution in [0.3, 0.4) is 0 Å². The maximum Gasteiger partial charge on any atom is 0.216 e. The van der Waals surface area contributed by atoms with Gasteiger partial charge in [0.25, 0.3) is 0 Å². The molecule has 0 radical (unpaired) electrons. The Morgan fingerprint density at radius 2 is 2.00 bits per heavy atom. The molecule has 1 saturated carbocycles. The van der Waals surface area contributed by atoms with Crippen LogP contribution in [0.1, 0.15) is 56.1 Å². The summed E-state index contributed by atoms with van der Waals surface area (Å²) in [4.78, 5) is 3.79. The molecular formula is C14H20FN. The monoisotopic (exact) mass is 221 g/mol. The van der Waals surface area contributed by atoms with Crippen molar-refractivity contribution in [3.05, 3.63) is 29.3 Å². The second-order valence-corrected chi connectivity index (χ2v) is 4.96. The van der Waals surface area contributed by atoms with E-state index in [0.717, 1.165) is 29.9 Å². The first-order valence-electron chi connectivity index (χ1n) is 6.33. The first kappa shape index (κ1) is 11.6. The largest absolute Gasteiger partial charge is 0.228 e. The van der Waals surface area contributed by atoms with Crippen LogP contribution >= 0.6 is 0 Å². The number of nitrogens with zero attached hydrogens (tertiary/aromatic N) is 1. The van der Waals surface area contributed by atoms with Crippen molar-refractivity contribution in [2.75, 3.05) is 0 Å². The fourth-order valence-corrected chi connectivity index (χ4v) is 2.89. The van der Waals surface area contributed by atoms with Gasteiger partial charge in [0, 0.05) is 11.8 Å². The van der Waals surface area contributed by atoms with Crippen molar-refractivity contribution in [3.8, 4) is 0 Å². The molecule has 1 aromatic rings. The van der Waals surface area contributed by atoms with Gasteiger partial charge in [0.2, 0.25) is 5.95 Å². The summed E-state index contributed by atoms with van der Waals surface area (Å²) < 4.78 is 13.7. The molecule has 0 spiro atoms. The van der Waals surface area contributed by atoms with E-state index in [-0.39, 0.29) is 5.95 Å². The molecule has 1 aliphatic carbocycles. The molecule has 1 heterocycles. The molecule has 88 valence electrons. The maximum absolute atomic E-state index is 13.7. The molecule has 0 amide bonds. The van der Waals surface area contributed by atoms with Gasteiger partial charge < -0.3 is 0 Å². The average molecular weight is 221 g/mol. The minimum atomic E-state index is -0.250. The van der Waals surface area contributed by atoms with E-state index in [4.69, 9.17) is 0 Å². The lowest BCUT2D eigenvalue weighted by molar-refractivity contribution is 0.312. The van der Waals surface area contributed by atoms with E-state index in [1.165, 1.54) is 19.3 Å². The standard InChI is InChI=1S/C14H20FN/c1-3-11-4-6-12(7-5-11)13-10(2)8-9-16-14(13)15/h8-9,11-12H,3-7H2,1-2H3. The summed E-state index contributed by atoms with van der Waals surface area (Å²) in [6.45, 7) is 4.24. The summed E-state index contributed by atoms with van der Waals surface area (Å²) in [6, 6.07) is 1.92. The number of aryl methyl sites for hydroxylation is 1. The molecule has 0 unspecified atom stereocenters. The maximum atomic E-state index is 13.7. The van der Waals surface area contributed by atoms with Gasteiger partial charge in [-0.15, -0.1) is 0 Å². The highest BCUT2D eigenvalue weighted by molar-refractivity contribution is 5.27. The molecule has 2 heteroatoms. The minimum absolute atomic E-state index is 0.250. The summed E-state index contributed by atoms with van der Waals surface area (Å²) in [5.41, 5.74) is 1.93. The van der Waals surface area contributed by atoms with E-state index in [1.807, 2.05) is 13.0 Å². The van der Waals surface area contributed by atoms with Crippen LogP contribution in [0.15, 0.2) is 12.3 Å². The fourth-order valence-electron chi connectivity index (χ4n) is 2.89. The highest BCUT2D eigenvalue weighted by Crippen LogP contribution is 2.38. The molecule has 0 atom stereocenters. The predicted molar refractivity (Wildman–Crippen MR) is 63.9 cm³/mol. The summed E-state index contributed by atoms with van der Waals surface area (Å²) in [5, 5.41) is 0. The van der Waals surface area contributed by atoms with Gasteiger partial charge in [0.1, 0.15) is 0 Å². The topological polar surface area (TPSA) is 12.9 Å². The molecule has 2 rings (SSSR count). The Morgan fingerprint density at radius 1 is 1.31 bits per heavy atom. The van der Waals surface area contributed by atoms with Gasteiger partial charge in [-0.1, -0.05) is 13.3 Å². The van der Waals surface area contributed by atoms with E-state index in [9.17, 15) is 4.39 Å². The van der Waals surface area contributed by atoms with Crippen molar-refractivity contribution in [3.63, 3.8) is 0 Å². The van der Waals surface area contributed by atoms with Crippen molar-refractivity contribution >= 4 is 0 Å². The number of aromatic nitrogens is 1. The molecule has 1 nitrogen and oxygen atoms in total. The summed E-state index contributed by atoms with van der Waals surface area (Å²) in [6.07, 6.45) is 7.57. The zero-order chi connectivity index (χ0) is 11.5. The Labute approximate surface area is 97.1 Å². The van der Waals surface area contributed by atoms with Gasteiger partial charge in [-0.05, 0) is 56.1 Å². The van der Waals surface area contributed by atoms with Crippen LogP contribution in [0.4, 0.5) is 4.39 Å². The Kier molecular flexibility index (Phi) is 3.57. The minimum Gasteiger partial charge on any atom is -0.228 e. The SMILES string of the molecule is CCC1CCC(c2c(C)ccnc2F)CC1. The van der Waals surface area contributed by atoms with Crippen LogP contribution in [0.5, 0.6) is 0 Å². The smallest absolute Gasteiger partial charge is 0.216 e. The number of halogens is 1. The van der Waals surface area contributed by atoms with Crippen molar-refractivity contribution in [2.24, 2.45) is 5.92 Å².